The summed E-state index contributed by atoms with van der Waals surface area (Å²) in [7, 11) is 0. The standard InChI is InChI=1S/C30H30F2N4O4/c31-23-11-10-22(17-24(23)32)34-29(39)25(14-15-33)35-30(40)26-16-20-8-4-5-9-21(20)18-36(26)28(38)13-12-27(37)19-6-2-1-3-7-19/h1-11,17,25-26H,12-16,18,33H2,(H,34,39)(H,35,40)/t25-,26-/m0/s1. The Labute approximate surface area is 230 Å². The van der Waals surface area contributed by atoms with Gasteiger partial charge in [0, 0.05) is 43.1 Å². The maximum atomic E-state index is 13.6. The second-order valence-corrected chi connectivity index (χ2v) is 9.56. The Morgan fingerprint density at radius 2 is 1.60 bits per heavy atom. The molecule has 208 valence electrons. The predicted molar refractivity (Wildman–Crippen MR) is 145 cm³/mol. The summed E-state index contributed by atoms with van der Waals surface area (Å²) in [6.07, 6.45) is 0.203. The fourth-order valence-electron chi connectivity index (χ4n) is 4.66. The number of Topliss-reactive ketones (excluding diaryl/α,β-unsaturated/α-hetero) is 1. The number of nitrogens with two attached hydrogens (primary N) is 1. The summed E-state index contributed by atoms with van der Waals surface area (Å²) < 4.78 is 26.9. The van der Waals surface area contributed by atoms with E-state index in [2.05, 4.69) is 10.6 Å². The van der Waals surface area contributed by atoms with Gasteiger partial charge in [0.2, 0.25) is 17.7 Å². The maximum Gasteiger partial charge on any atom is 0.247 e. The highest BCUT2D eigenvalue weighted by Crippen LogP contribution is 2.25. The van der Waals surface area contributed by atoms with Crippen LogP contribution in [0.4, 0.5) is 14.5 Å². The van der Waals surface area contributed by atoms with Gasteiger partial charge in [0.25, 0.3) is 0 Å². The molecule has 0 spiro atoms. The number of rotatable bonds is 10. The van der Waals surface area contributed by atoms with Gasteiger partial charge in [0.05, 0.1) is 0 Å². The first-order valence-corrected chi connectivity index (χ1v) is 13.0. The number of ketones is 1. The summed E-state index contributed by atoms with van der Waals surface area (Å²) in [5.41, 5.74) is 7.99. The van der Waals surface area contributed by atoms with Gasteiger partial charge in [-0.15, -0.1) is 0 Å². The lowest BCUT2D eigenvalue weighted by Gasteiger charge is -2.36. The third-order valence-electron chi connectivity index (χ3n) is 6.81. The molecule has 0 aromatic heterocycles. The number of hydrogen-bond donors (Lipinski definition) is 3. The predicted octanol–water partition coefficient (Wildman–Crippen LogP) is 3.35. The largest absolute Gasteiger partial charge is 0.342 e. The van der Waals surface area contributed by atoms with Crippen molar-refractivity contribution in [1.29, 1.82) is 0 Å². The Hall–Kier alpha value is -4.44. The van der Waals surface area contributed by atoms with Crippen molar-refractivity contribution in [3.05, 3.63) is 101 Å². The first kappa shape index (κ1) is 28.6. The lowest BCUT2D eigenvalue weighted by molar-refractivity contribution is -0.142. The average molecular weight is 549 g/mol. The van der Waals surface area contributed by atoms with E-state index < -0.39 is 35.5 Å². The Morgan fingerprint density at radius 3 is 2.30 bits per heavy atom. The number of amides is 3. The second-order valence-electron chi connectivity index (χ2n) is 9.56. The zero-order chi connectivity index (χ0) is 28.6. The number of nitrogens with zero attached hydrogens (tertiary/aromatic N) is 1. The highest BCUT2D eigenvalue weighted by atomic mass is 19.2. The molecule has 2 atom stereocenters. The molecule has 1 heterocycles. The van der Waals surface area contributed by atoms with Crippen LogP contribution in [0.15, 0.2) is 72.8 Å². The maximum absolute atomic E-state index is 13.6. The van der Waals surface area contributed by atoms with Gasteiger partial charge in [-0.2, -0.15) is 0 Å². The molecule has 40 heavy (non-hydrogen) atoms. The number of anilines is 1. The summed E-state index contributed by atoms with van der Waals surface area (Å²) in [6.45, 7) is 0.239. The van der Waals surface area contributed by atoms with Gasteiger partial charge in [-0.05, 0) is 36.2 Å². The first-order valence-electron chi connectivity index (χ1n) is 13.0. The van der Waals surface area contributed by atoms with E-state index in [9.17, 15) is 28.0 Å². The van der Waals surface area contributed by atoms with Crippen molar-refractivity contribution in [2.75, 3.05) is 11.9 Å². The van der Waals surface area contributed by atoms with E-state index >= 15 is 0 Å². The van der Waals surface area contributed by atoms with Crippen LogP contribution in [0.2, 0.25) is 0 Å². The summed E-state index contributed by atoms with van der Waals surface area (Å²) in [5.74, 6) is -3.94. The molecule has 4 N–H and O–H groups in total. The quantitative estimate of drug-likeness (QED) is 0.336. The van der Waals surface area contributed by atoms with Gasteiger partial charge in [0.1, 0.15) is 12.1 Å². The molecule has 0 unspecified atom stereocenters. The van der Waals surface area contributed by atoms with Crippen molar-refractivity contribution < 1.29 is 28.0 Å². The molecule has 1 aliphatic heterocycles. The molecule has 3 aromatic carbocycles. The third kappa shape index (κ3) is 6.95. The Bertz CT molecular complexity index is 1400. The Kier molecular flexibility index (Phi) is 9.34. The second kappa shape index (κ2) is 13.1. The summed E-state index contributed by atoms with van der Waals surface area (Å²) >= 11 is 0. The average Bonchev–Trinajstić information content (AvgIpc) is 2.97. The van der Waals surface area contributed by atoms with Gasteiger partial charge in [0.15, 0.2) is 17.4 Å². The number of halogens is 2. The van der Waals surface area contributed by atoms with Gasteiger partial charge < -0.3 is 21.3 Å². The summed E-state index contributed by atoms with van der Waals surface area (Å²) in [4.78, 5) is 53.8. The van der Waals surface area contributed by atoms with E-state index in [0.29, 0.717) is 5.56 Å². The van der Waals surface area contributed by atoms with E-state index in [-0.39, 0.29) is 56.2 Å². The van der Waals surface area contributed by atoms with Crippen LogP contribution in [0, 0.1) is 11.6 Å². The van der Waals surface area contributed by atoms with Crippen LogP contribution in [0.1, 0.15) is 40.7 Å². The number of hydrogen-bond acceptors (Lipinski definition) is 5. The molecular weight excluding hydrogens is 518 g/mol. The van der Waals surface area contributed by atoms with Crippen molar-refractivity contribution in [2.24, 2.45) is 5.73 Å². The SMILES string of the molecule is NCC[C@H](NC(=O)[C@@H]1Cc2ccccc2CN1C(=O)CCC(=O)c1ccccc1)C(=O)Nc1ccc(F)c(F)c1. The van der Waals surface area contributed by atoms with E-state index in [4.69, 9.17) is 5.73 Å². The third-order valence-corrected chi connectivity index (χ3v) is 6.81. The minimum Gasteiger partial charge on any atom is -0.342 e. The molecular formula is C30H30F2N4O4. The van der Waals surface area contributed by atoms with Crippen molar-refractivity contribution in [3.8, 4) is 0 Å². The minimum absolute atomic E-state index is 0.0121. The number of benzene rings is 3. The fourth-order valence-corrected chi connectivity index (χ4v) is 4.66. The lowest BCUT2D eigenvalue weighted by Crippen LogP contribution is -2.56. The van der Waals surface area contributed by atoms with Gasteiger partial charge in [-0.3, -0.25) is 19.2 Å². The molecule has 0 aliphatic carbocycles. The number of carbonyl (C=O) groups is 4. The Balaban J connectivity index is 1.49. The Morgan fingerprint density at radius 1 is 0.900 bits per heavy atom. The van der Waals surface area contributed by atoms with E-state index in [1.165, 1.54) is 11.0 Å². The van der Waals surface area contributed by atoms with E-state index in [1.807, 2.05) is 24.3 Å². The molecule has 3 aromatic rings. The van der Waals surface area contributed by atoms with E-state index in [1.54, 1.807) is 30.3 Å². The fraction of sp³-hybridized carbons (Fsp3) is 0.267. The number of nitrogens with one attached hydrogen (secondary N) is 2. The monoisotopic (exact) mass is 548 g/mol. The molecule has 0 radical (unpaired) electrons. The summed E-state index contributed by atoms with van der Waals surface area (Å²) in [6, 6.07) is 17.0. The van der Waals surface area contributed by atoms with Gasteiger partial charge in [-0.1, -0.05) is 54.6 Å². The zero-order valence-corrected chi connectivity index (χ0v) is 21.7. The molecule has 0 saturated carbocycles. The van der Waals surface area contributed by atoms with Crippen LogP contribution in [0.5, 0.6) is 0 Å². The first-order chi connectivity index (χ1) is 19.3. The van der Waals surface area contributed by atoms with Gasteiger partial charge >= 0.3 is 0 Å². The molecule has 10 heteroatoms. The van der Waals surface area contributed by atoms with Crippen LogP contribution in [-0.2, 0) is 27.3 Å². The molecule has 0 bridgehead atoms. The van der Waals surface area contributed by atoms with Crippen LogP contribution >= 0.6 is 0 Å². The van der Waals surface area contributed by atoms with Crippen molar-refractivity contribution in [2.45, 2.75) is 44.3 Å². The summed E-state index contributed by atoms with van der Waals surface area (Å²) in [5, 5.41) is 5.15. The number of fused-ring (bicyclic) bond motifs is 1. The van der Waals surface area contributed by atoms with Crippen molar-refractivity contribution in [1.82, 2.24) is 10.2 Å². The van der Waals surface area contributed by atoms with Crippen molar-refractivity contribution in [3.63, 3.8) is 0 Å². The minimum atomic E-state index is -1.13. The molecule has 3 amide bonds. The topological polar surface area (TPSA) is 122 Å². The lowest BCUT2D eigenvalue weighted by atomic mass is 9.92. The highest BCUT2D eigenvalue weighted by molar-refractivity contribution is 6.00. The normalized spacial score (nSPS) is 15.1. The molecule has 4 rings (SSSR count). The molecule has 8 nitrogen and oxygen atoms in total. The molecule has 0 fully saturated rings. The molecule has 1 aliphatic rings. The smallest absolute Gasteiger partial charge is 0.247 e. The zero-order valence-electron chi connectivity index (χ0n) is 21.7. The van der Waals surface area contributed by atoms with Crippen LogP contribution in [0.25, 0.3) is 0 Å². The highest BCUT2D eigenvalue weighted by Gasteiger charge is 2.36. The van der Waals surface area contributed by atoms with Crippen LogP contribution in [-0.4, -0.2) is 47.0 Å². The van der Waals surface area contributed by atoms with Gasteiger partial charge in [-0.25, -0.2) is 8.78 Å². The molecule has 0 saturated heterocycles. The van der Waals surface area contributed by atoms with E-state index in [0.717, 1.165) is 23.3 Å². The van der Waals surface area contributed by atoms with Crippen LogP contribution < -0.4 is 16.4 Å². The number of carbonyl (C=O) groups excluding carboxylic acids is 4. The van der Waals surface area contributed by atoms with Crippen LogP contribution in [0.3, 0.4) is 0 Å². The van der Waals surface area contributed by atoms with Crippen molar-refractivity contribution >= 4 is 29.2 Å².